The molecule has 0 radical (unpaired) electrons. The molecular weight excluding hydrogens is 302 g/mol. The molecule has 0 saturated carbocycles. The normalized spacial score (nSPS) is 10.2. The van der Waals surface area contributed by atoms with Crippen molar-refractivity contribution in [2.24, 2.45) is 0 Å². The molecule has 2 aromatic heterocycles. The van der Waals surface area contributed by atoms with Gasteiger partial charge >= 0.3 is 0 Å². The third-order valence-corrected chi connectivity index (χ3v) is 3.32. The Morgan fingerprint density at radius 1 is 0.958 bits per heavy atom. The van der Waals surface area contributed by atoms with E-state index in [1.165, 1.54) is 17.3 Å². The van der Waals surface area contributed by atoms with Crippen LogP contribution in [0, 0.1) is 13.8 Å². The first-order valence-corrected chi connectivity index (χ1v) is 7.50. The van der Waals surface area contributed by atoms with E-state index in [0.717, 1.165) is 5.69 Å². The first kappa shape index (κ1) is 15.6. The molecule has 0 fully saturated rings. The van der Waals surface area contributed by atoms with Gasteiger partial charge in [0, 0.05) is 18.1 Å². The fourth-order valence-corrected chi connectivity index (χ4v) is 2.35. The maximum atomic E-state index is 12.0. The number of anilines is 3. The standard InChI is InChI=1S/C18H17N5O/c1-12-8-13(2)10-15(9-12)20-16-5-6-17(23-22-16)21-18(24)14-4-3-7-19-11-14/h3-11H,1-2H3,(H,20,22)(H,21,23,24). The van der Waals surface area contributed by atoms with Crippen molar-refractivity contribution in [1.82, 2.24) is 15.2 Å². The highest BCUT2D eigenvalue weighted by atomic mass is 16.1. The summed E-state index contributed by atoms with van der Waals surface area (Å²) in [5.74, 6) is 0.724. The number of aromatic nitrogens is 3. The minimum Gasteiger partial charge on any atom is -0.339 e. The maximum absolute atomic E-state index is 12.0. The molecule has 0 aliphatic carbocycles. The van der Waals surface area contributed by atoms with Crippen molar-refractivity contribution in [2.45, 2.75) is 13.8 Å². The number of aryl methyl sites for hydroxylation is 2. The Bertz CT molecular complexity index is 827. The van der Waals surface area contributed by atoms with Crippen LogP contribution >= 0.6 is 0 Å². The first-order chi connectivity index (χ1) is 11.6. The number of nitrogens with one attached hydrogen (secondary N) is 2. The van der Waals surface area contributed by atoms with Gasteiger partial charge < -0.3 is 10.6 Å². The Morgan fingerprint density at radius 2 is 1.67 bits per heavy atom. The molecule has 6 heteroatoms. The summed E-state index contributed by atoms with van der Waals surface area (Å²) in [5, 5.41) is 14.0. The SMILES string of the molecule is Cc1cc(C)cc(Nc2ccc(NC(=O)c3cccnc3)nn2)c1. The highest BCUT2D eigenvalue weighted by molar-refractivity contribution is 6.03. The zero-order valence-corrected chi connectivity index (χ0v) is 13.4. The average molecular weight is 319 g/mol. The summed E-state index contributed by atoms with van der Waals surface area (Å²) < 4.78 is 0. The molecule has 2 N–H and O–H groups in total. The van der Waals surface area contributed by atoms with Gasteiger partial charge in [-0.15, -0.1) is 10.2 Å². The number of hydrogen-bond donors (Lipinski definition) is 2. The van der Waals surface area contributed by atoms with Crippen molar-refractivity contribution in [3.8, 4) is 0 Å². The molecule has 120 valence electrons. The van der Waals surface area contributed by atoms with Crippen LogP contribution in [0.25, 0.3) is 0 Å². The molecule has 0 atom stereocenters. The Kier molecular flexibility index (Phi) is 4.47. The van der Waals surface area contributed by atoms with Gasteiger partial charge in [0.25, 0.3) is 5.91 Å². The molecule has 0 aliphatic heterocycles. The number of pyridine rings is 1. The van der Waals surface area contributed by atoms with Crippen LogP contribution in [0.1, 0.15) is 21.5 Å². The number of carbonyl (C=O) groups is 1. The van der Waals surface area contributed by atoms with Gasteiger partial charge in [0.05, 0.1) is 5.56 Å². The van der Waals surface area contributed by atoms with E-state index in [2.05, 4.69) is 31.9 Å². The van der Waals surface area contributed by atoms with Gasteiger partial charge in [-0.25, -0.2) is 0 Å². The molecule has 3 aromatic rings. The lowest BCUT2D eigenvalue weighted by Gasteiger charge is -2.08. The predicted molar refractivity (Wildman–Crippen MR) is 93.4 cm³/mol. The number of nitrogens with zero attached hydrogens (tertiary/aromatic N) is 3. The van der Waals surface area contributed by atoms with Crippen molar-refractivity contribution in [3.63, 3.8) is 0 Å². The number of hydrogen-bond acceptors (Lipinski definition) is 5. The third kappa shape index (κ3) is 3.92. The molecule has 0 spiro atoms. The second-order valence-electron chi connectivity index (χ2n) is 5.50. The fourth-order valence-electron chi connectivity index (χ4n) is 2.35. The van der Waals surface area contributed by atoms with Crippen molar-refractivity contribution in [3.05, 3.63) is 71.5 Å². The smallest absolute Gasteiger partial charge is 0.258 e. The Labute approximate surface area is 140 Å². The molecule has 0 bridgehead atoms. The van der Waals surface area contributed by atoms with Gasteiger partial charge in [0.2, 0.25) is 0 Å². The van der Waals surface area contributed by atoms with E-state index in [0.29, 0.717) is 17.2 Å². The Hall–Kier alpha value is -3.28. The van der Waals surface area contributed by atoms with Crippen molar-refractivity contribution in [2.75, 3.05) is 10.6 Å². The van der Waals surface area contributed by atoms with E-state index < -0.39 is 0 Å². The van der Waals surface area contributed by atoms with Gasteiger partial charge in [-0.1, -0.05) is 6.07 Å². The van der Waals surface area contributed by atoms with Crippen LogP contribution in [-0.4, -0.2) is 21.1 Å². The molecule has 3 rings (SSSR count). The third-order valence-electron chi connectivity index (χ3n) is 3.32. The van der Waals surface area contributed by atoms with Crippen LogP contribution in [-0.2, 0) is 0 Å². The highest BCUT2D eigenvalue weighted by Gasteiger charge is 2.07. The van der Waals surface area contributed by atoms with Crippen molar-refractivity contribution < 1.29 is 4.79 Å². The average Bonchev–Trinajstić information content (AvgIpc) is 2.56. The van der Waals surface area contributed by atoms with E-state index in [1.807, 2.05) is 26.0 Å². The molecule has 0 saturated heterocycles. The zero-order chi connectivity index (χ0) is 16.9. The summed E-state index contributed by atoms with van der Waals surface area (Å²) in [6.45, 7) is 4.09. The lowest BCUT2D eigenvalue weighted by molar-refractivity contribution is 0.102. The molecular formula is C18H17N5O. The minimum absolute atomic E-state index is 0.271. The topological polar surface area (TPSA) is 79.8 Å². The monoisotopic (exact) mass is 319 g/mol. The molecule has 6 nitrogen and oxygen atoms in total. The van der Waals surface area contributed by atoms with E-state index in [1.54, 1.807) is 30.5 Å². The van der Waals surface area contributed by atoms with E-state index in [-0.39, 0.29) is 5.91 Å². The van der Waals surface area contributed by atoms with Crippen molar-refractivity contribution in [1.29, 1.82) is 0 Å². The van der Waals surface area contributed by atoms with Crippen LogP contribution in [0.2, 0.25) is 0 Å². The number of carbonyl (C=O) groups excluding carboxylic acids is 1. The molecule has 1 amide bonds. The molecule has 0 aliphatic rings. The predicted octanol–water partition coefficient (Wildman–Crippen LogP) is 3.48. The van der Waals surface area contributed by atoms with Crippen LogP contribution in [0.3, 0.4) is 0 Å². The van der Waals surface area contributed by atoms with Crippen molar-refractivity contribution >= 4 is 23.2 Å². The molecule has 2 heterocycles. The van der Waals surface area contributed by atoms with Gasteiger partial charge in [0.15, 0.2) is 11.6 Å². The van der Waals surface area contributed by atoms with Gasteiger partial charge in [0.1, 0.15) is 0 Å². The lowest BCUT2D eigenvalue weighted by atomic mass is 10.1. The Morgan fingerprint density at radius 3 is 2.29 bits per heavy atom. The zero-order valence-electron chi connectivity index (χ0n) is 13.4. The second kappa shape index (κ2) is 6.87. The summed E-state index contributed by atoms with van der Waals surface area (Å²) in [7, 11) is 0. The van der Waals surface area contributed by atoms with Gasteiger partial charge in [-0.2, -0.15) is 0 Å². The summed E-state index contributed by atoms with van der Waals surface area (Å²) >= 11 is 0. The Balaban J connectivity index is 1.68. The quantitative estimate of drug-likeness (QED) is 0.769. The fraction of sp³-hybridized carbons (Fsp3) is 0.111. The molecule has 24 heavy (non-hydrogen) atoms. The summed E-state index contributed by atoms with van der Waals surface area (Å²) in [6.07, 6.45) is 3.11. The van der Waals surface area contributed by atoms with Crippen LogP contribution in [0.15, 0.2) is 54.9 Å². The lowest BCUT2D eigenvalue weighted by Crippen LogP contribution is -2.13. The van der Waals surface area contributed by atoms with E-state index in [9.17, 15) is 4.79 Å². The molecule has 0 unspecified atom stereocenters. The van der Waals surface area contributed by atoms with Gasteiger partial charge in [-0.3, -0.25) is 9.78 Å². The van der Waals surface area contributed by atoms with Crippen LogP contribution in [0.4, 0.5) is 17.3 Å². The van der Waals surface area contributed by atoms with Crippen LogP contribution in [0.5, 0.6) is 0 Å². The number of amides is 1. The van der Waals surface area contributed by atoms with Crippen LogP contribution < -0.4 is 10.6 Å². The largest absolute Gasteiger partial charge is 0.339 e. The summed E-state index contributed by atoms with van der Waals surface area (Å²) in [5.41, 5.74) is 3.77. The summed E-state index contributed by atoms with van der Waals surface area (Å²) in [6, 6.07) is 13.0. The first-order valence-electron chi connectivity index (χ1n) is 7.50. The minimum atomic E-state index is -0.271. The second-order valence-corrected chi connectivity index (χ2v) is 5.50. The summed E-state index contributed by atoms with van der Waals surface area (Å²) in [4.78, 5) is 15.9. The molecule has 1 aromatic carbocycles. The van der Waals surface area contributed by atoms with Gasteiger partial charge in [-0.05, 0) is 61.4 Å². The number of rotatable bonds is 4. The van der Waals surface area contributed by atoms with E-state index >= 15 is 0 Å². The highest BCUT2D eigenvalue weighted by Crippen LogP contribution is 2.18. The number of benzene rings is 1. The van der Waals surface area contributed by atoms with E-state index in [4.69, 9.17) is 0 Å². The maximum Gasteiger partial charge on any atom is 0.258 e.